The fourth-order valence-electron chi connectivity index (χ4n) is 1.42. The number of H-pyrrole nitrogens is 1. The lowest BCUT2D eigenvalue weighted by atomic mass is 10.2. The Bertz CT molecular complexity index is 517. The van der Waals surface area contributed by atoms with Crippen molar-refractivity contribution in [1.29, 1.82) is 0 Å². The lowest BCUT2D eigenvalue weighted by Crippen LogP contribution is -2.10. The number of aliphatic carboxylic acids is 1. The van der Waals surface area contributed by atoms with E-state index in [2.05, 4.69) is 4.98 Å². The smallest absolute Gasteiger partial charge is 0.338 e. The average molecular weight is 207 g/mol. The van der Waals surface area contributed by atoms with E-state index < -0.39 is 12.1 Å². The summed E-state index contributed by atoms with van der Waals surface area (Å²) in [5.74, 6) is -1.22. The summed E-state index contributed by atoms with van der Waals surface area (Å²) in [5.41, 5.74) is 0.867. The molecule has 0 amide bonds. The van der Waals surface area contributed by atoms with Gasteiger partial charge in [0.15, 0.2) is 6.10 Å². The number of aliphatic hydroxyl groups excluding tert-OH is 1. The molecule has 0 saturated heterocycles. The molecule has 0 spiro atoms. The Balaban J connectivity index is 2.51. The number of nitrogens with one attached hydrogen (secondary N) is 1. The largest absolute Gasteiger partial charge is 0.508 e. The molecule has 0 fully saturated rings. The lowest BCUT2D eigenvalue weighted by molar-refractivity contribution is -0.147. The summed E-state index contributed by atoms with van der Waals surface area (Å²) in [7, 11) is 0. The van der Waals surface area contributed by atoms with Crippen LogP contribution in [0.15, 0.2) is 24.3 Å². The van der Waals surface area contributed by atoms with Gasteiger partial charge in [-0.25, -0.2) is 4.79 Å². The van der Waals surface area contributed by atoms with Gasteiger partial charge in [-0.1, -0.05) is 0 Å². The maximum atomic E-state index is 10.5. The molecule has 1 aromatic carbocycles. The molecule has 0 radical (unpaired) electrons. The number of aliphatic hydroxyl groups is 1. The highest BCUT2D eigenvalue weighted by Gasteiger charge is 2.17. The van der Waals surface area contributed by atoms with Crippen molar-refractivity contribution in [3.8, 4) is 5.75 Å². The lowest BCUT2D eigenvalue weighted by Gasteiger charge is -2.00. The number of benzene rings is 1. The molecule has 1 atom stereocenters. The normalized spacial score (nSPS) is 12.9. The van der Waals surface area contributed by atoms with E-state index in [0.717, 1.165) is 0 Å². The zero-order valence-corrected chi connectivity index (χ0v) is 7.64. The Hall–Kier alpha value is -2.01. The van der Waals surface area contributed by atoms with E-state index in [9.17, 15) is 15.0 Å². The van der Waals surface area contributed by atoms with E-state index >= 15 is 0 Å². The molecule has 1 heterocycles. The van der Waals surface area contributed by atoms with E-state index in [1.54, 1.807) is 6.07 Å². The minimum Gasteiger partial charge on any atom is -0.508 e. The van der Waals surface area contributed by atoms with E-state index in [-0.39, 0.29) is 11.4 Å². The Morgan fingerprint density at radius 3 is 2.73 bits per heavy atom. The van der Waals surface area contributed by atoms with E-state index in [1.165, 1.54) is 18.2 Å². The fraction of sp³-hybridized carbons (Fsp3) is 0.100. The van der Waals surface area contributed by atoms with Gasteiger partial charge >= 0.3 is 5.97 Å². The van der Waals surface area contributed by atoms with Gasteiger partial charge < -0.3 is 20.3 Å². The topological polar surface area (TPSA) is 93.6 Å². The Morgan fingerprint density at radius 2 is 2.07 bits per heavy atom. The summed E-state index contributed by atoms with van der Waals surface area (Å²) in [6.07, 6.45) is -1.57. The first kappa shape index (κ1) is 9.54. The fourth-order valence-corrected chi connectivity index (χ4v) is 1.42. The second-order valence-corrected chi connectivity index (χ2v) is 3.24. The number of hydrogen-bond acceptors (Lipinski definition) is 3. The van der Waals surface area contributed by atoms with Crippen molar-refractivity contribution in [2.75, 3.05) is 0 Å². The minimum atomic E-state index is -1.57. The SMILES string of the molecule is O=C(O)C(O)c1cc2cc(O)ccc2[nH]1. The predicted molar refractivity (Wildman–Crippen MR) is 52.6 cm³/mol. The van der Waals surface area contributed by atoms with Gasteiger partial charge in [0, 0.05) is 10.9 Å². The maximum absolute atomic E-state index is 10.5. The van der Waals surface area contributed by atoms with Crippen molar-refractivity contribution >= 4 is 16.9 Å². The van der Waals surface area contributed by atoms with Gasteiger partial charge in [-0.15, -0.1) is 0 Å². The third kappa shape index (κ3) is 1.64. The summed E-state index contributed by atoms with van der Waals surface area (Å²) in [5, 5.41) is 27.7. The van der Waals surface area contributed by atoms with Crippen LogP contribution >= 0.6 is 0 Å². The van der Waals surface area contributed by atoms with Crippen LogP contribution in [-0.2, 0) is 4.79 Å². The Labute approximate surface area is 84.6 Å². The van der Waals surface area contributed by atoms with Crippen LogP contribution in [0, 0.1) is 0 Å². The van der Waals surface area contributed by atoms with Gasteiger partial charge in [0.1, 0.15) is 5.75 Å². The number of phenolic OH excluding ortho intramolecular Hbond substituents is 1. The van der Waals surface area contributed by atoms with Crippen molar-refractivity contribution in [3.05, 3.63) is 30.0 Å². The number of phenols is 1. The third-order valence-electron chi connectivity index (χ3n) is 2.15. The monoisotopic (exact) mass is 207 g/mol. The van der Waals surface area contributed by atoms with E-state index in [0.29, 0.717) is 10.9 Å². The van der Waals surface area contributed by atoms with Crippen LogP contribution < -0.4 is 0 Å². The molecular weight excluding hydrogens is 198 g/mol. The molecule has 78 valence electrons. The first-order valence-electron chi connectivity index (χ1n) is 4.30. The summed E-state index contributed by atoms with van der Waals surface area (Å²) >= 11 is 0. The zero-order valence-electron chi connectivity index (χ0n) is 7.64. The molecule has 1 aromatic heterocycles. The first-order chi connectivity index (χ1) is 7.08. The number of rotatable bonds is 2. The summed E-state index contributed by atoms with van der Waals surface area (Å²) in [6, 6.07) is 6.08. The van der Waals surface area contributed by atoms with Gasteiger partial charge in [0.25, 0.3) is 0 Å². The standard InChI is InChI=1S/C10H9NO4/c12-6-1-2-7-5(3-6)4-8(11-7)9(13)10(14)15/h1-4,9,11-13H,(H,14,15). The number of fused-ring (bicyclic) bond motifs is 1. The van der Waals surface area contributed by atoms with Crippen molar-refractivity contribution in [2.45, 2.75) is 6.10 Å². The minimum absolute atomic E-state index is 0.0952. The molecule has 4 N–H and O–H groups in total. The number of hydrogen-bond donors (Lipinski definition) is 4. The molecule has 5 heteroatoms. The summed E-state index contributed by atoms with van der Waals surface area (Å²) in [6.45, 7) is 0. The average Bonchev–Trinajstić information content (AvgIpc) is 2.58. The molecule has 2 rings (SSSR count). The van der Waals surface area contributed by atoms with Gasteiger partial charge in [-0.3, -0.25) is 0 Å². The van der Waals surface area contributed by atoms with Crippen LogP contribution in [0.25, 0.3) is 10.9 Å². The highest BCUT2D eigenvalue weighted by molar-refractivity contribution is 5.84. The molecule has 0 bridgehead atoms. The van der Waals surface area contributed by atoms with Crippen LogP contribution in [0.5, 0.6) is 5.75 Å². The number of aromatic nitrogens is 1. The quantitative estimate of drug-likeness (QED) is 0.590. The van der Waals surface area contributed by atoms with Crippen molar-refractivity contribution in [3.63, 3.8) is 0 Å². The van der Waals surface area contributed by atoms with Crippen LogP contribution in [0.4, 0.5) is 0 Å². The van der Waals surface area contributed by atoms with Gasteiger partial charge in [-0.2, -0.15) is 0 Å². The second-order valence-electron chi connectivity index (χ2n) is 3.24. The van der Waals surface area contributed by atoms with Crippen molar-refractivity contribution < 1.29 is 20.1 Å². The number of carboxylic acids is 1. The molecule has 5 nitrogen and oxygen atoms in total. The maximum Gasteiger partial charge on any atom is 0.338 e. The van der Waals surface area contributed by atoms with Gasteiger partial charge in [0.2, 0.25) is 0 Å². The molecule has 2 aromatic rings. The molecule has 15 heavy (non-hydrogen) atoms. The number of carboxylic acid groups (broad SMARTS) is 1. The van der Waals surface area contributed by atoms with Gasteiger partial charge in [0.05, 0.1) is 5.69 Å². The number of aromatic hydroxyl groups is 1. The molecule has 0 saturated carbocycles. The van der Waals surface area contributed by atoms with Crippen LogP contribution in [0.1, 0.15) is 11.8 Å². The first-order valence-corrected chi connectivity index (χ1v) is 4.30. The Morgan fingerprint density at radius 1 is 1.33 bits per heavy atom. The molecule has 0 aliphatic heterocycles. The third-order valence-corrected chi connectivity index (χ3v) is 2.15. The summed E-state index contributed by atoms with van der Waals surface area (Å²) in [4.78, 5) is 13.3. The number of aromatic amines is 1. The van der Waals surface area contributed by atoms with Gasteiger partial charge in [-0.05, 0) is 24.3 Å². The van der Waals surface area contributed by atoms with E-state index in [4.69, 9.17) is 5.11 Å². The van der Waals surface area contributed by atoms with Crippen molar-refractivity contribution in [1.82, 2.24) is 4.98 Å². The highest BCUT2D eigenvalue weighted by Crippen LogP contribution is 2.23. The molecule has 1 unspecified atom stereocenters. The van der Waals surface area contributed by atoms with E-state index in [1.807, 2.05) is 0 Å². The molecule has 0 aliphatic carbocycles. The molecule has 0 aliphatic rings. The Kier molecular flexibility index (Phi) is 2.09. The molecular formula is C10H9NO4. The van der Waals surface area contributed by atoms with Crippen LogP contribution in [-0.4, -0.2) is 26.3 Å². The predicted octanol–water partition coefficient (Wildman–Crippen LogP) is 0.991. The van der Waals surface area contributed by atoms with Crippen molar-refractivity contribution in [2.24, 2.45) is 0 Å². The van der Waals surface area contributed by atoms with Crippen LogP contribution in [0.2, 0.25) is 0 Å². The number of carbonyl (C=O) groups is 1. The zero-order chi connectivity index (χ0) is 11.0. The van der Waals surface area contributed by atoms with Crippen LogP contribution in [0.3, 0.4) is 0 Å². The highest BCUT2D eigenvalue weighted by atomic mass is 16.4. The second kappa shape index (κ2) is 3.29. The summed E-state index contributed by atoms with van der Waals surface area (Å²) < 4.78 is 0.